The van der Waals surface area contributed by atoms with E-state index in [9.17, 15) is 0 Å². The van der Waals surface area contributed by atoms with Gasteiger partial charge in [0.2, 0.25) is 5.95 Å². The lowest BCUT2D eigenvalue weighted by atomic mass is 10.0. The Morgan fingerprint density at radius 3 is 1.67 bits per heavy atom. The second-order valence-electron chi connectivity index (χ2n) is 12.1. The van der Waals surface area contributed by atoms with Crippen LogP contribution in [0.3, 0.4) is 0 Å². The van der Waals surface area contributed by atoms with Crippen LogP contribution in [0.4, 0.5) is 0 Å². The van der Waals surface area contributed by atoms with E-state index in [1.54, 1.807) is 6.08 Å². The third-order valence-corrected chi connectivity index (χ3v) is 9.13. The lowest BCUT2D eigenvalue weighted by molar-refractivity contribution is 0.955. The van der Waals surface area contributed by atoms with Crippen molar-refractivity contribution >= 4 is 59.9 Å². The van der Waals surface area contributed by atoms with Gasteiger partial charge in [0.1, 0.15) is 0 Å². The fourth-order valence-electron chi connectivity index (χ4n) is 7.14. The minimum absolute atomic E-state index is 0.591. The van der Waals surface area contributed by atoms with Gasteiger partial charge in [-0.1, -0.05) is 133 Å². The summed E-state index contributed by atoms with van der Waals surface area (Å²) in [5.74, 6) is 1.87. The molecule has 0 saturated carbocycles. The average molecular weight is 630 g/mol. The van der Waals surface area contributed by atoms with Gasteiger partial charge in [-0.05, 0) is 36.6 Å². The maximum absolute atomic E-state index is 5.19. The minimum Gasteiger partial charge on any atom is -0.309 e. The van der Waals surface area contributed by atoms with E-state index >= 15 is 0 Å². The molecule has 5 heteroatoms. The zero-order valence-corrected chi connectivity index (χ0v) is 27.0. The quantitative estimate of drug-likeness (QED) is 0.144. The van der Waals surface area contributed by atoms with E-state index in [4.69, 9.17) is 15.0 Å². The number of allylic oxidation sites excluding steroid dienone is 1. The van der Waals surface area contributed by atoms with Gasteiger partial charge < -0.3 is 4.40 Å². The second kappa shape index (κ2) is 11.6. The summed E-state index contributed by atoms with van der Waals surface area (Å²) in [7, 11) is 0. The van der Waals surface area contributed by atoms with Crippen molar-refractivity contribution in [3.05, 3.63) is 164 Å². The average Bonchev–Trinajstić information content (AvgIpc) is 3.72. The number of hydrogen-bond acceptors (Lipinski definition) is 3. The summed E-state index contributed by atoms with van der Waals surface area (Å²) in [6.45, 7) is 5.25. The van der Waals surface area contributed by atoms with Gasteiger partial charge in [0.05, 0.1) is 27.6 Å². The molecule has 232 valence electrons. The van der Waals surface area contributed by atoms with Crippen molar-refractivity contribution in [2.24, 2.45) is 0 Å². The molecule has 0 unspecified atom stereocenters. The van der Waals surface area contributed by atoms with Crippen LogP contribution in [-0.2, 0) is 0 Å². The Bertz CT molecular complexity index is 2790. The number of fused-ring (bicyclic) bond motifs is 12. The van der Waals surface area contributed by atoms with Crippen LogP contribution < -0.4 is 0 Å². The van der Waals surface area contributed by atoms with Crippen molar-refractivity contribution in [2.75, 3.05) is 0 Å². The zero-order chi connectivity index (χ0) is 32.9. The molecule has 0 bridgehead atoms. The van der Waals surface area contributed by atoms with E-state index in [-0.39, 0.29) is 0 Å². The van der Waals surface area contributed by atoms with E-state index in [0.717, 1.165) is 38.4 Å². The normalized spacial score (nSPS) is 11.4. The van der Waals surface area contributed by atoms with E-state index in [1.807, 2.05) is 43.3 Å². The van der Waals surface area contributed by atoms with Gasteiger partial charge in [0, 0.05) is 38.1 Å². The number of benzene rings is 6. The SMILES string of the molecule is C=CC.c1ccc(-c2nc(-c3ccccc3)nc(-n3c4ccccc4c4ccc5c(c6ccccc6c6cc7ccccc7n65)c43)n2)cc1. The van der Waals surface area contributed by atoms with Crippen LogP contribution in [0.1, 0.15) is 6.92 Å². The summed E-state index contributed by atoms with van der Waals surface area (Å²) in [4.78, 5) is 15.4. The highest BCUT2D eigenvalue weighted by Gasteiger charge is 2.22. The molecule has 0 aliphatic rings. The predicted octanol–water partition coefficient (Wildman–Crippen LogP) is 11.2. The largest absolute Gasteiger partial charge is 0.309 e. The third-order valence-electron chi connectivity index (χ3n) is 9.13. The molecule has 0 saturated heterocycles. The third kappa shape index (κ3) is 4.51. The molecule has 0 spiro atoms. The van der Waals surface area contributed by atoms with Crippen molar-refractivity contribution < 1.29 is 0 Å². The molecule has 5 nitrogen and oxygen atoms in total. The predicted molar refractivity (Wildman–Crippen MR) is 204 cm³/mol. The van der Waals surface area contributed by atoms with Gasteiger partial charge in [-0.2, -0.15) is 9.97 Å². The van der Waals surface area contributed by atoms with Crippen LogP contribution in [0.25, 0.3) is 88.6 Å². The molecule has 6 aromatic carbocycles. The maximum atomic E-state index is 5.19. The van der Waals surface area contributed by atoms with E-state index in [0.29, 0.717) is 17.6 Å². The second-order valence-corrected chi connectivity index (χ2v) is 12.1. The lowest BCUT2D eigenvalue weighted by Gasteiger charge is -2.14. The summed E-state index contributed by atoms with van der Waals surface area (Å²) >= 11 is 0. The van der Waals surface area contributed by atoms with E-state index in [2.05, 4.69) is 131 Å². The molecule has 4 aromatic heterocycles. The van der Waals surface area contributed by atoms with Crippen molar-refractivity contribution in [3.63, 3.8) is 0 Å². The zero-order valence-electron chi connectivity index (χ0n) is 27.0. The fourth-order valence-corrected chi connectivity index (χ4v) is 7.14. The molecule has 0 aliphatic heterocycles. The highest BCUT2D eigenvalue weighted by molar-refractivity contribution is 6.27. The number of aromatic nitrogens is 5. The van der Waals surface area contributed by atoms with Gasteiger partial charge >= 0.3 is 0 Å². The molecule has 0 atom stereocenters. The summed E-state index contributed by atoms with van der Waals surface area (Å²) in [5, 5.41) is 7.11. The van der Waals surface area contributed by atoms with Crippen molar-refractivity contribution in [1.82, 2.24) is 23.9 Å². The maximum Gasteiger partial charge on any atom is 0.238 e. The number of rotatable bonds is 3. The van der Waals surface area contributed by atoms with Crippen LogP contribution in [0, 0.1) is 0 Å². The molecule has 0 radical (unpaired) electrons. The van der Waals surface area contributed by atoms with Gasteiger partial charge in [-0.3, -0.25) is 4.57 Å². The van der Waals surface area contributed by atoms with Gasteiger partial charge in [0.25, 0.3) is 0 Å². The monoisotopic (exact) mass is 629 g/mol. The first-order chi connectivity index (χ1) is 24.2. The Morgan fingerprint density at radius 1 is 0.490 bits per heavy atom. The molecule has 0 N–H and O–H groups in total. The lowest BCUT2D eigenvalue weighted by Crippen LogP contribution is -2.07. The Hall–Kier alpha value is -6.59. The van der Waals surface area contributed by atoms with Crippen LogP contribution in [-0.4, -0.2) is 23.9 Å². The summed E-state index contributed by atoms with van der Waals surface area (Å²) < 4.78 is 4.66. The first-order valence-corrected chi connectivity index (χ1v) is 16.5. The minimum atomic E-state index is 0.591. The number of para-hydroxylation sites is 2. The number of pyridine rings is 1. The van der Waals surface area contributed by atoms with Crippen molar-refractivity contribution in [1.29, 1.82) is 0 Å². The van der Waals surface area contributed by atoms with Crippen LogP contribution in [0.15, 0.2) is 164 Å². The molecular formula is C44H31N5. The molecular weight excluding hydrogens is 599 g/mol. The smallest absolute Gasteiger partial charge is 0.238 e. The van der Waals surface area contributed by atoms with Gasteiger partial charge in [0.15, 0.2) is 11.6 Å². The Balaban J connectivity index is 0.00000105. The fraction of sp³-hybridized carbons (Fsp3) is 0.0227. The first kappa shape index (κ1) is 28.6. The summed E-state index contributed by atoms with van der Waals surface area (Å²) in [6, 6.07) is 53.1. The standard InChI is InChI=1S/C41H25N5.C3H6/c1-3-13-26(14-4-1)39-42-40(27-15-5-2-6-16-27)44-41(43-39)46-34-22-12-10-19-30(34)32-23-24-35-37(38(32)46)31-20-9-8-18-29(31)36-25-28-17-7-11-21-33(28)45(35)36;1-3-2/h1-25H;3H,1H2,2H3. The first-order valence-electron chi connectivity index (χ1n) is 16.5. The van der Waals surface area contributed by atoms with Crippen molar-refractivity contribution in [3.8, 4) is 28.7 Å². The number of nitrogens with zero attached hydrogens (tertiary/aromatic N) is 5. The Labute approximate surface area is 283 Å². The summed E-state index contributed by atoms with van der Waals surface area (Å²) in [5.41, 5.74) is 7.55. The van der Waals surface area contributed by atoms with E-state index in [1.165, 1.54) is 32.6 Å². The Morgan fingerprint density at radius 2 is 1.02 bits per heavy atom. The molecule has 49 heavy (non-hydrogen) atoms. The number of hydrogen-bond donors (Lipinski definition) is 0. The Kier molecular flexibility index (Phi) is 6.76. The molecule has 0 amide bonds. The van der Waals surface area contributed by atoms with Gasteiger partial charge in [-0.25, -0.2) is 4.98 Å². The van der Waals surface area contributed by atoms with Crippen LogP contribution in [0.5, 0.6) is 0 Å². The highest BCUT2D eigenvalue weighted by Crippen LogP contribution is 2.41. The summed E-state index contributed by atoms with van der Waals surface area (Å²) in [6.07, 6.45) is 1.75. The molecule has 4 heterocycles. The van der Waals surface area contributed by atoms with E-state index < -0.39 is 0 Å². The van der Waals surface area contributed by atoms with Crippen LogP contribution >= 0.6 is 0 Å². The molecule has 10 rings (SSSR count). The topological polar surface area (TPSA) is 48.0 Å². The van der Waals surface area contributed by atoms with Gasteiger partial charge in [-0.15, -0.1) is 6.58 Å². The molecule has 0 fully saturated rings. The highest BCUT2D eigenvalue weighted by atomic mass is 15.2. The van der Waals surface area contributed by atoms with Crippen molar-refractivity contribution in [2.45, 2.75) is 6.92 Å². The molecule has 0 aliphatic carbocycles. The molecule has 10 aromatic rings. The van der Waals surface area contributed by atoms with Crippen LogP contribution in [0.2, 0.25) is 0 Å².